The number of aromatic amines is 1. The summed E-state index contributed by atoms with van der Waals surface area (Å²) in [6.07, 6.45) is 14.6. The SMILES string of the molecule is O=S(O)C(C1CCC(c2cn[nH]c3cnc4nccc4c23)CC1)N1CCCC(CN2CCCC2)C1. The molecule has 2 aliphatic heterocycles. The van der Waals surface area contributed by atoms with E-state index in [1.807, 2.05) is 24.7 Å². The summed E-state index contributed by atoms with van der Waals surface area (Å²) in [7, 11) is 0. The predicted molar refractivity (Wildman–Crippen MR) is 138 cm³/mol. The number of aromatic nitrogens is 4. The van der Waals surface area contributed by atoms with Crippen molar-refractivity contribution >= 4 is 33.0 Å². The van der Waals surface area contributed by atoms with Crippen LogP contribution < -0.4 is 0 Å². The van der Waals surface area contributed by atoms with Gasteiger partial charge in [-0.2, -0.15) is 5.10 Å². The van der Waals surface area contributed by atoms with Gasteiger partial charge < -0.3 is 9.45 Å². The summed E-state index contributed by atoms with van der Waals surface area (Å²) < 4.78 is 23.0. The minimum atomic E-state index is -1.83. The highest BCUT2D eigenvalue weighted by atomic mass is 32.2. The van der Waals surface area contributed by atoms with Crippen LogP contribution in [0.5, 0.6) is 0 Å². The predicted octanol–water partition coefficient (Wildman–Crippen LogP) is 4.14. The summed E-state index contributed by atoms with van der Waals surface area (Å²) in [5.74, 6) is 1.28. The van der Waals surface area contributed by atoms with Crippen molar-refractivity contribution in [1.29, 1.82) is 0 Å². The summed E-state index contributed by atoms with van der Waals surface area (Å²) in [6, 6.07) is 2.04. The van der Waals surface area contributed by atoms with Crippen LogP contribution in [0.25, 0.3) is 21.9 Å². The van der Waals surface area contributed by atoms with E-state index in [0.717, 1.165) is 68.3 Å². The van der Waals surface area contributed by atoms with Crippen LogP contribution in [0.4, 0.5) is 0 Å². The minimum absolute atomic E-state index is 0.244. The standard InChI is InChI=1S/C26H36N6O2S/c33-35(34)26(32-13-3-4-18(17-32)16-31-11-1-2-12-31)20-7-5-19(6-8-20)22-14-29-30-23-15-28-25-21(24(22)23)9-10-27-25/h9-10,14-15,18-20,26,30H,1-8,11-13,16-17H2,(H,33,34). The number of rotatable bonds is 6. The van der Waals surface area contributed by atoms with Crippen LogP contribution in [-0.4, -0.2) is 76.8 Å². The van der Waals surface area contributed by atoms with E-state index in [1.165, 1.54) is 43.3 Å². The normalized spacial score (nSPS) is 28.5. The van der Waals surface area contributed by atoms with Gasteiger partial charge in [0.25, 0.3) is 0 Å². The summed E-state index contributed by atoms with van der Waals surface area (Å²) in [6.45, 7) is 5.51. The van der Waals surface area contributed by atoms with E-state index < -0.39 is 11.1 Å². The Kier molecular flexibility index (Phi) is 6.84. The van der Waals surface area contributed by atoms with Crippen LogP contribution in [0.3, 0.4) is 0 Å². The first-order chi connectivity index (χ1) is 17.2. The van der Waals surface area contributed by atoms with Crippen LogP contribution in [-0.2, 0) is 11.1 Å². The molecule has 3 aromatic rings. The first-order valence-corrected chi connectivity index (χ1v) is 14.5. The Morgan fingerprint density at radius 3 is 2.69 bits per heavy atom. The van der Waals surface area contributed by atoms with Gasteiger partial charge in [0.15, 0.2) is 16.7 Å². The van der Waals surface area contributed by atoms with E-state index in [2.05, 4.69) is 30.0 Å². The molecule has 35 heavy (non-hydrogen) atoms. The number of likely N-dealkylation sites (tertiary alicyclic amines) is 2. The van der Waals surface area contributed by atoms with Crippen LogP contribution in [0.15, 0.2) is 24.7 Å². The van der Waals surface area contributed by atoms with Crippen molar-refractivity contribution in [3.05, 3.63) is 30.2 Å². The number of hydrogen-bond donors (Lipinski definition) is 2. The van der Waals surface area contributed by atoms with Gasteiger partial charge in [0, 0.05) is 30.1 Å². The summed E-state index contributed by atoms with van der Waals surface area (Å²) in [4.78, 5) is 13.8. The zero-order valence-electron chi connectivity index (χ0n) is 20.3. The third kappa shape index (κ3) is 4.75. The van der Waals surface area contributed by atoms with Gasteiger partial charge in [0.05, 0.1) is 17.9 Å². The number of hydrogen-bond acceptors (Lipinski definition) is 6. The largest absolute Gasteiger partial charge is 0.305 e. The average molecular weight is 497 g/mol. The molecule has 3 unspecified atom stereocenters. The Morgan fingerprint density at radius 1 is 1.06 bits per heavy atom. The number of nitrogens with one attached hydrogen (secondary N) is 1. The van der Waals surface area contributed by atoms with E-state index in [9.17, 15) is 8.76 Å². The number of fused-ring (bicyclic) bond motifs is 3. The van der Waals surface area contributed by atoms with Crippen molar-refractivity contribution in [2.45, 2.75) is 62.7 Å². The van der Waals surface area contributed by atoms with Crippen molar-refractivity contribution < 1.29 is 8.76 Å². The number of nitrogens with zero attached hydrogens (tertiary/aromatic N) is 5. The molecule has 2 saturated heterocycles. The van der Waals surface area contributed by atoms with E-state index in [4.69, 9.17) is 0 Å². The molecular weight excluding hydrogens is 460 g/mol. The van der Waals surface area contributed by atoms with Gasteiger partial charge in [0.2, 0.25) is 0 Å². The topological polar surface area (TPSA) is 98.2 Å². The third-order valence-corrected chi connectivity index (χ3v) is 9.75. The van der Waals surface area contributed by atoms with Crippen LogP contribution in [0.2, 0.25) is 0 Å². The van der Waals surface area contributed by atoms with Crippen LogP contribution in [0, 0.1) is 11.8 Å². The maximum absolute atomic E-state index is 12.6. The van der Waals surface area contributed by atoms with Gasteiger partial charge in [-0.1, -0.05) is 0 Å². The van der Waals surface area contributed by atoms with Crippen molar-refractivity contribution in [3.63, 3.8) is 0 Å². The maximum atomic E-state index is 12.6. The molecule has 6 rings (SSSR count). The molecule has 3 aromatic heterocycles. The highest BCUT2D eigenvalue weighted by molar-refractivity contribution is 7.79. The first kappa shape index (κ1) is 23.5. The summed E-state index contributed by atoms with van der Waals surface area (Å²) >= 11 is -1.83. The molecule has 2 N–H and O–H groups in total. The lowest BCUT2D eigenvalue weighted by atomic mass is 9.77. The molecular formula is C26H36N6O2S. The van der Waals surface area contributed by atoms with Gasteiger partial charge in [0.1, 0.15) is 5.37 Å². The molecule has 0 spiro atoms. The Balaban J connectivity index is 1.16. The van der Waals surface area contributed by atoms with Crippen molar-refractivity contribution in [2.24, 2.45) is 11.8 Å². The minimum Gasteiger partial charge on any atom is -0.305 e. The highest BCUT2D eigenvalue weighted by Gasteiger charge is 2.38. The number of pyridine rings is 1. The maximum Gasteiger partial charge on any atom is 0.171 e. The van der Waals surface area contributed by atoms with Gasteiger partial charge in [-0.05, 0) is 100 Å². The van der Waals surface area contributed by atoms with Crippen LogP contribution in [0.1, 0.15) is 62.8 Å². The smallest absolute Gasteiger partial charge is 0.171 e. The molecule has 9 heteroatoms. The quantitative estimate of drug-likeness (QED) is 0.495. The second-order valence-electron chi connectivity index (χ2n) is 10.8. The van der Waals surface area contributed by atoms with Crippen molar-refractivity contribution in [1.82, 2.24) is 30.0 Å². The molecule has 0 amide bonds. The lowest BCUT2D eigenvalue weighted by molar-refractivity contribution is 0.0952. The fourth-order valence-corrected chi connectivity index (χ4v) is 8.06. The lowest BCUT2D eigenvalue weighted by Crippen LogP contribution is -2.50. The molecule has 1 aliphatic carbocycles. The fraction of sp³-hybridized carbons (Fsp3) is 0.654. The monoisotopic (exact) mass is 496 g/mol. The van der Waals surface area contributed by atoms with Crippen molar-refractivity contribution in [2.75, 3.05) is 32.7 Å². The van der Waals surface area contributed by atoms with Gasteiger partial charge in [-0.3, -0.25) is 10.00 Å². The molecule has 8 nitrogen and oxygen atoms in total. The summed E-state index contributed by atoms with van der Waals surface area (Å²) in [5, 5.41) is 9.51. The van der Waals surface area contributed by atoms with E-state index in [-0.39, 0.29) is 11.3 Å². The van der Waals surface area contributed by atoms with Gasteiger partial charge >= 0.3 is 0 Å². The highest BCUT2D eigenvalue weighted by Crippen LogP contribution is 2.42. The molecule has 3 atom stereocenters. The average Bonchev–Trinajstić information content (AvgIpc) is 3.56. The van der Waals surface area contributed by atoms with E-state index >= 15 is 0 Å². The molecule has 0 bridgehead atoms. The zero-order chi connectivity index (χ0) is 23.8. The molecule has 5 heterocycles. The zero-order valence-corrected chi connectivity index (χ0v) is 21.1. The van der Waals surface area contributed by atoms with E-state index in [0.29, 0.717) is 11.8 Å². The number of H-pyrrole nitrogens is 1. The molecule has 3 aliphatic rings. The van der Waals surface area contributed by atoms with Gasteiger partial charge in [-0.25, -0.2) is 14.2 Å². The third-order valence-electron chi connectivity index (χ3n) is 8.66. The first-order valence-electron chi connectivity index (χ1n) is 13.3. The Hall–Kier alpha value is -1.94. The molecule has 188 valence electrons. The van der Waals surface area contributed by atoms with E-state index in [1.54, 1.807) is 0 Å². The Labute approximate surface area is 209 Å². The van der Waals surface area contributed by atoms with Crippen molar-refractivity contribution in [3.8, 4) is 0 Å². The molecule has 3 fully saturated rings. The summed E-state index contributed by atoms with van der Waals surface area (Å²) in [5.41, 5.74) is 2.97. The Bertz CT molecular complexity index is 1190. The molecule has 0 aromatic carbocycles. The second-order valence-corrected chi connectivity index (χ2v) is 11.9. The van der Waals surface area contributed by atoms with Gasteiger partial charge in [-0.15, -0.1) is 0 Å². The molecule has 0 radical (unpaired) electrons. The molecule has 1 saturated carbocycles. The lowest BCUT2D eigenvalue weighted by Gasteiger charge is -2.42. The Morgan fingerprint density at radius 2 is 1.89 bits per heavy atom. The van der Waals surface area contributed by atoms with Crippen LogP contribution >= 0.6 is 0 Å². The fourth-order valence-electron chi connectivity index (χ4n) is 7.01. The number of piperidine rings is 1. The second kappa shape index (κ2) is 10.2.